The van der Waals surface area contributed by atoms with Gasteiger partial charge in [-0.25, -0.2) is 9.07 Å². The van der Waals surface area contributed by atoms with E-state index < -0.39 is 0 Å². The number of aryl methyl sites for hydroxylation is 1. The van der Waals surface area contributed by atoms with Gasteiger partial charge in [-0.3, -0.25) is 0 Å². The summed E-state index contributed by atoms with van der Waals surface area (Å²) in [5, 5.41) is 8.17. The van der Waals surface area contributed by atoms with E-state index >= 15 is 0 Å². The van der Waals surface area contributed by atoms with Crippen LogP contribution in [0.1, 0.15) is 44.0 Å². The Kier molecular flexibility index (Phi) is 3.95. The predicted molar refractivity (Wildman–Crippen MR) is 83.0 cm³/mol. The van der Waals surface area contributed by atoms with Crippen LogP contribution in [-0.2, 0) is 6.42 Å². The molecule has 2 heterocycles. The maximum absolute atomic E-state index is 13.1. The quantitative estimate of drug-likeness (QED) is 0.920. The van der Waals surface area contributed by atoms with Gasteiger partial charge < -0.3 is 5.32 Å². The number of hydrogen-bond donors (Lipinski definition) is 1. The van der Waals surface area contributed by atoms with E-state index in [1.165, 1.54) is 12.1 Å². The van der Waals surface area contributed by atoms with Gasteiger partial charge in [0.05, 0.1) is 11.7 Å². The molecule has 1 N–H and O–H groups in total. The minimum absolute atomic E-state index is 0.189. The Hall–Kier alpha value is -1.84. The molecule has 0 saturated carbocycles. The molecule has 1 aromatic heterocycles. The Morgan fingerprint density at radius 1 is 1.33 bits per heavy atom. The third-order valence-corrected chi connectivity index (χ3v) is 4.04. The lowest BCUT2D eigenvalue weighted by Gasteiger charge is -2.26. The lowest BCUT2D eigenvalue weighted by Crippen LogP contribution is -2.24. The van der Waals surface area contributed by atoms with E-state index in [0.717, 1.165) is 42.9 Å². The van der Waals surface area contributed by atoms with Crippen LogP contribution in [0.4, 0.5) is 10.2 Å². The first-order chi connectivity index (χ1) is 10.1. The average Bonchev–Trinajstić information content (AvgIpc) is 2.89. The predicted octanol–water partition coefficient (Wildman–Crippen LogP) is 4.02. The molecule has 3 nitrogen and oxygen atoms in total. The molecule has 4 heteroatoms. The Bertz CT molecular complexity index is 601. The lowest BCUT2D eigenvalue weighted by atomic mass is 10.0. The summed E-state index contributed by atoms with van der Waals surface area (Å²) in [4.78, 5) is 0. The Morgan fingerprint density at radius 2 is 2.10 bits per heavy atom. The minimum Gasteiger partial charge on any atom is -0.370 e. The topological polar surface area (TPSA) is 29.9 Å². The van der Waals surface area contributed by atoms with Crippen molar-refractivity contribution in [2.75, 3.05) is 11.9 Å². The van der Waals surface area contributed by atoms with Crippen LogP contribution < -0.4 is 5.32 Å². The SMILES string of the molecule is CC(C)CCc1cc2n(n1)C(c1ccc(F)cc1)CCN2. The Balaban J connectivity index is 1.85. The van der Waals surface area contributed by atoms with Crippen molar-refractivity contribution in [1.82, 2.24) is 9.78 Å². The molecule has 0 radical (unpaired) electrons. The highest BCUT2D eigenvalue weighted by molar-refractivity contribution is 5.41. The number of anilines is 1. The van der Waals surface area contributed by atoms with Gasteiger partial charge in [0.25, 0.3) is 0 Å². The molecular weight excluding hydrogens is 265 g/mol. The van der Waals surface area contributed by atoms with Crippen molar-refractivity contribution < 1.29 is 4.39 Å². The third-order valence-electron chi connectivity index (χ3n) is 4.04. The molecule has 1 unspecified atom stereocenters. The summed E-state index contributed by atoms with van der Waals surface area (Å²) in [7, 11) is 0. The average molecular weight is 287 g/mol. The molecule has 21 heavy (non-hydrogen) atoms. The fourth-order valence-corrected chi connectivity index (χ4v) is 2.83. The first-order valence-electron chi connectivity index (χ1n) is 7.71. The number of benzene rings is 1. The molecule has 0 saturated heterocycles. The molecule has 1 aromatic carbocycles. The number of nitrogens with zero attached hydrogens (tertiary/aromatic N) is 2. The zero-order valence-corrected chi connectivity index (χ0v) is 12.6. The van der Waals surface area contributed by atoms with Crippen LogP contribution in [0.2, 0.25) is 0 Å². The smallest absolute Gasteiger partial charge is 0.125 e. The van der Waals surface area contributed by atoms with Crippen LogP contribution in [-0.4, -0.2) is 16.3 Å². The molecule has 1 atom stereocenters. The second-order valence-corrected chi connectivity index (χ2v) is 6.18. The molecule has 0 spiro atoms. The highest BCUT2D eigenvalue weighted by Crippen LogP contribution is 2.30. The Labute approximate surface area is 125 Å². The van der Waals surface area contributed by atoms with Gasteiger partial charge >= 0.3 is 0 Å². The standard InChI is InChI=1S/C17H22FN3/c1-12(2)3-8-15-11-17-19-10-9-16(21(17)20-15)13-4-6-14(18)7-5-13/h4-7,11-12,16,19H,3,8-10H2,1-2H3. The highest BCUT2D eigenvalue weighted by Gasteiger charge is 2.23. The van der Waals surface area contributed by atoms with Gasteiger partial charge in [-0.1, -0.05) is 26.0 Å². The summed E-state index contributed by atoms with van der Waals surface area (Å²) in [6.45, 7) is 5.39. The van der Waals surface area contributed by atoms with E-state index in [-0.39, 0.29) is 11.9 Å². The first-order valence-corrected chi connectivity index (χ1v) is 7.71. The number of fused-ring (bicyclic) bond motifs is 1. The summed E-state index contributed by atoms with van der Waals surface area (Å²) in [5.74, 6) is 1.57. The molecule has 0 aliphatic carbocycles. The fourth-order valence-electron chi connectivity index (χ4n) is 2.83. The third kappa shape index (κ3) is 3.09. The van der Waals surface area contributed by atoms with E-state index in [1.54, 1.807) is 0 Å². The van der Waals surface area contributed by atoms with Crippen LogP contribution in [0.5, 0.6) is 0 Å². The largest absolute Gasteiger partial charge is 0.370 e. The van der Waals surface area contributed by atoms with Gasteiger partial charge in [-0.05, 0) is 42.9 Å². The molecule has 1 aliphatic rings. The van der Waals surface area contributed by atoms with Crippen molar-refractivity contribution in [2.24, 2.45) is 5.92 Å². The van der Waals surface area contributed by atoms with Gasteiger partial charge in [-0.2, -0.15) is 5.10 Å². The second-order valence-electron chi connectivity index (χ2n) is 6.18. The lowest BCUT2D eigenvalue weighted by molar-refractivity contribution is 0.474. The van der Waals surface area contributed by atoms with Crippen LogP contribution in [0.15, 0.2) is 30.3 Å². The first kappa shape index (κ1) is 14.1. The minimum atomic E-state index is -0.189. The number of rotatable bonds is 4. The maximum atomic E-state index is 13.1. The van der Waals surface area contributed by atoms with Gasteiger partial charge in [0.2, 0.25) is 0 Å². The van der Waals surface area contributed by atoms with Gasteiger partial charge in [0, 0.05) is 12.6 Å². The summed E-state index contributed by atoms with van der Waals surface area (Å²) in [5.41, 5.74) is 2.26. The molecule has 3 rings (SSSR count). The number of nitrogens with one attached hydrogen (secondary N) is 1. The van der Waals surface area contributed by atoms with E-state index in [0.29, 0.717) is 5.92 Å². The summed E-state index contributed by atoms with van der Waals surface area (Å²) < 4.78 is 15.2. The molecular formula is C17H22FN3. The number of halogens is 1. The fraction of sp³-hybridized carbons (Fsp3) is 0.471. The second kappa shape index (κ2) is 5.88. The van der Waals surface area contributed by atoms with E-state index in [9.17, 15) is 4.39 Å². The number of hydrogen-bond acceptors (Lipinski definition) is 2. The van der Waals surface area contributed by atoms with Crippen LogP contribution in [0.25, 0.3) is 0 Å². The molecule has 1 aliphatic heterocycles. The van der Waals surface area contributed by atoms with E-state index in [4.69, 9.17) is 5.10 Å². The molecule has 112 valence electrons. The van der Waals surface area contributed by atoms with Crippen LogP contribution in [0.3, 0.4) is 0 Å². The van der Waals surface area contributed by atoms with Crippen molar-refractivity contribution in [2.45, 2.75) is 39.2 Å². The van der Waals surface area contributed by atoms with Crippen molar-refractivity contribution in [1.29, 1.82) is 0 Å². The Morgan fingerprint density at radius 3 is 2.81 bits per heavy atom. The highest BCUT2D eigenvalue weighted by atomic mass is 19.1. The summed E-state index contributed by atoms with van der Waals surface area (Å²) in [6.07, 6.45) is 3.14. The van der Waals surface area contributed by atoms with Crippen molar-refractivity contribution in [3.63, 3.8) is 0 Å². The molecule has 2 aromatic rings. The zero-order chi connectivity index (χ0) is 14.8. The molecule has 0 bridgehead atoms. The number of aromatic nitrogens is 2. The van der Waals surface area contributed by atoms with Crippen molar-refractivity contribution in [3.8, 4) is 0 Å². The summed E-state index contributed by atoms with van der Waals surface area (Å²) >= 11 is 0. The zero-order valence-electron chi connectivity index (χ0n) is 12.6. The molecule has 0 amide bonds. The van der Waals surface area contributed by atoms with Crippen LogP contribution in [0, 0.1) is 11.7 Å². The van der Waals surface area contributed by atoms with Crippen LogP contribution >= 0.6 is 0 Å². The van der Waals surface area contributed by atoms with Gasteiger partial charge in [-0.15, -0.1) is 0 Å². The summed E-state index contributed by atoms with van der Waals surface area (Å²) in [6, 6.07) is 9.14. The maximum Gasteiger partial charge on any atom is 0.125 e. The van der Waals surface area contributed by atoms with Crippen molar-refractivity contribution in [3.05, 3.63) is 47.4 Å². The van der Waals surface area contributed by atoms with Gasteiger partial charge in [0.15, 0.2) is 0 Å². The normalized spacial score (nSPS) is 17.6. The van der Waals surface area contributed by atoms with Gasteiger partial charge in [0.1, 0.15) is 11.6 Å². The van der Waals surface area contributed by atoms with E-state index in [1.807, 2.05) is 12.1 Å². The molecule has 0 fully saturated rings. The van der Waals surface area contributed by atoms with Crippen molar-refractivity contribution >= 4 is 5.82 Å². The van der Waals surface area contributed by atoms with E-state index in [2.05, 4.69) is 29.9 Å². The monoisotopic (exact) mass is 287 g/mol.